The fraction of sp³-hybridized carbons (Fsp3) is 0.579. The number of nitrogens with zero attached hydrogens (tertiary/aromatic N) is 2. The molecule has 2 rings (SSSR count). The average molecular weight is 525 g/mol. The van der Waals surface area contributed by atoms with Gasteiger partial charge in [0.1, 0.15) is 11.9 Å². The zero-order valence-electron chi connectivity index (χ0n) is 16.6. The van der Waals surface area contributed by atoms with Gasteiger partial charge in [-0.05, 0) is 44.9 Å². The maximum absolute atomic E-state index is 11.6. The van der Waals surface area contributed by atoms with Crippen molar-refractivity contribution in [1.82, 2.24) is 15.5 Å². The lowest BCUT2D eigenvalue weighted by atomic mass is 10.1. The Balaban J connectivity index is 0.00000392. The lowest BCUT2D eigenvalue weighted by Gasteiger charge is -2.32. The van der Waals surface area contributed by atoms with Crippen LogP contribution in [-0.4, -0.2) is 62.4 Å². The van der Waals surface area contributed by atoms with E-state index in [4.69, 9.17) is 21.1 Å². The van der Waals surface area contributed by atoms with Crippen molar-refractivity contribution in [3.8, 4) is 5.75 Å². The highest BCUT2D eigenvalue weighted by atomic mass is 127. The van der Waals surface area contributed by atoms with Gasteiger partial charge in [-0.1, -0.05) is 17.7 Å². The molecule has 7 nitrogen and oxygen atoms in total. The van der Waals surface area contributed by atoms with Crippen LogP contribution in [-0.2, 0) is 4.74 Å². The summed E-state index contributed by atoms with van der Waals surface area (Å²) >= 11 is 5.98. The minimum Gasteiger partial charge on any atom is -0.489 e. The molecule has 9 heteroatoms. The molecule has 0 radical (unpaired) electrons. The van der Waals surface area contributed by atoms with Crippen LogP contribution in [0.2, 0.25) is 5.02 Å². The van der Waals surface area contributed by atoms with E-state index in [0.29, 0.717) is 24.7 Å². The molecule has 1 saturated heterocycles. The standard InChI is InChI=1S/C19H29ClN4O3.HI/c1-4-21-18(23-16-8-10-24(11-9-16)19(25)26-3)22-13-14(2)27-17-7-5-6-15(20)12-17;/h5-7,12,14,16H,4,8-11,13H2,1-3H3,(H2,21,22,23);1H. The van der Waals surface area contributed by atoms with Crippen molar-refractivity contribution >= 4 is 47.6 Å². The van der Waals surface area contributed by atoms with Crippen LogP contribution < -0.4 is 15.4 Å². The van der Waals surface area contributed by atoms with Gasteiger partial charge in [0.25, 0.3) is 0 Å². The first-order valence-electron chi connectivity index (χ1n) is 9.31. The number of hydrogen-bond acceptors (Lipinski definition) is 4. The Kier molecular flexibility index (Phi) is 11.4. The van der Waals surface area contributed by atoms with E-state index in [-0.39, 0.29) is 42.2 Å². The zero-order valence-corrected chi connectivity index (χ0v) is 19.7. The fourth-order valence-corrected chi connectivity index (χ4v) is 3.06. The predicted molar refractivity (Wildman–Crippen MR) is 123 cm³/mol. The molecule has 158 valence electrons. The first kappa shape index (κ1) is 24.6. The maximum Gasteiger partial charge on any atom is 0.409 e. The van der Waals surface area contributed by atoms with Crippen LogP contribution in [0.1, 0.15) is 26.7 Å². The number of piperidine rings is 1. The van der Waals surface area contributed by atoms with Crippen LogP contribution in [0.3, 0.4) is 0 Å². The van der Waals surface area contributed by atoms with Crippen molar-refractivity contribution in [2.75, 3.05) is 33.3 Å². The van der Waals surface area contributed by atoms with Crippen molar-refractivity contribution in [3.63, 3.8) is 0 Å². The number of halogens is 2. The van der Waals surface area contributed by atoms with Gasteiger partial charge in [-0.3, -0.25) is 0 Å². The molecule has 1 atom stereocenters. The number of amides is 1. The Morgan fingerprint density at radius 3 is 2.71 bits per heavy atom. The van der Waals surface area contributed by atoms with Crippen LogP contribution in [0.4, 0.5) is 4.79 Å². The van der Waals surface area contributed by atoms with Gasteiger partial charge in [0.2, 0.25) is 0 Å². The van der Waals surface area contributed by atoms with E-state index < -0.39 is 0 Å². The van der Waals surface area contributed by atoms with E-state index in [1.165, 1.54) is 7.11 Å². The molecular weight excluding hydrogens is 495 g/mol. The molecule has 1 heterocycles. The molecular formula is C19H30ClIN4O3. The number of carbonyl (C=O) groups excluding carboxylic acids is 1. The number of methoxy groups -OCH3 is 1. The summed E-state index contributed by atoms with van der Waals surface area (Å²) in [4.78, 5) is 17.9. The number of rotatable bonds is 6. The molecule has 1 aromatic carbocycles. The SMILES string of the molecule is CCNC(=NCC(C)Oc1cccc(Cl)c1)NC1CCN(C(=O)OC)CC1.I. The number of ether oxygens (including phenoxy) is 2. The van der Waals surface area contributed by atoms with Gasteiger partial charge in [-0.2, -0.15) is 0 Å². The van der Waals surface area contributed by atoms with Gasteiger partial charge in [0, 0.05) is 30.7 Å². The van der Waals surface area contributed by atoms with Gasteiger partial charge in [-0.15, -0.1) is 24.0 Å². The summed E-state index contributed by atoms with van der Waals surface area (Å²) in [6, 6.07) is 7.62. The van der Waals surface area contributed by atoms with Gasteiger partial charge >= 0.3 is 6.09 Å². The molecule has 0 bridgehead atoms. The summed E-state index contributed by atoms with van der Waals surface area (Å²) in [5.74, 6) is 1.49. The van der Waals surface area contributed by atoms with Crippen LogP contribution in [0.15, 0.2) is 29.3 Å². The quantitative estimate of drug-likeness (QED) is 0.338. The third kappa shape index (κ3) is 8.30. The van der Waals surface area contributed by atoms with Gasteiger partial charge in [-0.25, -0.2) is 9.79 Å². The lowest BCUT2D eigenvalue weighted by Crippen LogP contribution is -2.50. The Hall–Kier alpha value is -1.42. The summed E-state index contributed by atoms with van der Waals surface area (Å²) < 4.78 is 10.6. The molecule has 28 heavy (non-hydrogen) atoms. The van der Waals surface area contributed by atoms with Crippen LogP contribution in [0, 0.1) is 0 Å². The second kappa shape index (κ2) is 12.9. The number of hydrogen-bond donors (Lipinski definition) is 2. The molecule has 2 N–H and O–H groups in total. The highest BCUT2D eigenvalue weighted by Gasteiger charge is 2.23. The number of carbonyl (C=O) groups is 1. The average Bonchev–Trinajstić information content (AvgIpc) is 2.66. The highest BCUT2D eigenvalue weighted by Crippen LogP contribution is 2.18. The number of aliphatic imine (C=N–C) groups is 1. The van der Waals surface area contributed by atoms with Crippen molar-refractivity contribution in [2.45, 2.75) is 38.8 Å². The predicted octanol–water partition coefficient (Wildman–Crippen LogP) is 3.51. The number of benzene rings is 1. The molecule has 1 fully saturated rings. The van der Waals surface area contributed by atoms with E-state index in [2.05, 4.69) is 15.6 Å². The molecule has 1 aliphatic heterocycles. The third-order valence-electron chi connectivity index (χ3n) is 4.25. The van der Waals surface area contributed by atoms with E-state index in [1.54, 1.807) is 11.0 Å². The summed E-state index contributed by atoms with van der Waals surface area (Å²) in [6.45, 7) is 6.65. The largest absolute Gasteiger partial charge is 0.489 e. The van der Waals surface area contributed by atoms with Crippen molar-refractivity contribution in [1.29, 1.82) is 0 Å². The smallest absolute Gasteiger partial charge is 0.409 e. The van der Waals surface area contributed by atoms with E-state index in [0.717, 1.165) is 31.1 Å². The van der Waals surface area contributed by atoms with Crippen LogP contribution in [0.25, 0.3) is 0 Å². The van der Waals surface area contributed by atoms with E-state index >= 15 is 0 Å². The molecule has 1 aromatic rings. The lowest BCUT2D eigenvalue weighted by molar-refractivity contribution is 0.111. The number of nitrogens with one attached hydrogen (secondary N) is 2. The van der Waals surface area contributed by atoms with E-state index in [1.807, 2.05) is 32.0 Å². The zero-order chi connectivity index (χ0) is 19.6. The summed E-state index contributed by atoms with van der Waals surface area (Å²) in [5.41, 5.74) is 0. The summed E-state index contributed by atoms with van der Waals surface area (Å²) in [7, 11) is 1.41. The Bertz CT molecular complexity index is 639. The number of likely N-dealkylation sites (tertiary alicyclic amines) is 1. The fourth-order valence-electron chi connectivity index (χ4n) is 2.88. The Morgan fingerprint density at radius 1 is 1.39 bits per heavy atom. The summed E-state index contributed by atoms with van der Waals surface area (Å²) in [6.07, 6.45) is 1.36. The van der Waals surface area contributed by atoms with Gasteiger partial charge < -0.3 is 25.0 Å². The maximum atomic E-state index is 11.6. The highest BCUT2D eigenvalue weighted by molar-refractivity contribution is 14.0. The van der Waals surface area contributed by atoms with E-state index in [9.17, 15) is 4.79 Å². The Morgan fingerprint density at radius 2 is 2.11 bits per heavy atom. The number of guanidine groups is 1. The molecule has 1 amide bonds. The van der Waals surface area contributed by atoms with Gasteiger partial charge in [0.15, 0.2) is 5.96 Å². The topological polar surface area (TPSA) is 75.2 Å². The van der Waals surface area contributed by atoms with Gasteiger partial charge in [0.05, 0.1) is 13.7 Å². The molecule has 1 aliphatic rings. The van der Waals surface area contributed by atoms with Crippen molar-refractivity contribution in [2.24, 2.45) is 4.99 Å². The monoisotopic (exact) mass is 524 g/mol. The normalized spacial score (nSPS) is 16.0. The molecule has 0 saturated carbocycles. The molecule has 1 unspecified atom stereocenters. The van der Waals surface area contributed by atoms with Crippen molar-refractivity contribution in [3.05, 3.63) is 29.3 Å². The minimum absolute atomic E-state index is 0. The second-order valence-electron chi connectivity index (χ2n) is 6.48. The first-order chi connectivity index (χ1) is 13.0. The molecule has 0 aromatic heterocycles. The third-order valence-corrected chi connectivity index (χ3v) is 4.49. The Labute approximate surface area is 189 Å². The first-order valence-corrected chi connectivity index (χ1v) is 9.69. The summed E-state index contributed by atoms with van der Waals surface area (Å²) in [5, 5.41) is 7.36. The molecule has 0 aliphatic carbocycles. The van der Waals surface area contributed by atoms with Crippen LogP contribution >= 0.6 is 35.6 Å². The van der Waals surface area contributed by atoms with Crippen LogP contribution in [0.5, 0.6) is 5.75 Å². The molecule has 0 spiro atoms. The minimum atomic E-state index is -0.263. The van der Waals surface area contributed by atoms with Crippen molar-refractivity contribution < 1.29 is 14.3 Å². The second-order valence-corrected chi connectivity index (χ2v) is 6.92.